The summed E-state index contributed by atoms with van der Waals surface area (Å²) in [5.41, 5.74) is 8.02. The van der Waals surface area contributed by atoms with Crippen molar-refractivity contribution in [1.82, 2.24) is 5.32 Å². The Balaban J connectivity index is 1.86. The highest BCUT2D eigenvalue weighted by Crippen LogP contribution is 2.22. The Bertz CT molecular complexity index is 431. The van der Waals surface area contributed by atoms with Crippen LogP contribution in [0, 0.1) is 5.92 Å². The molecule has 1 saturated carbocycles. The molecule has 1 amide bonds. The van der Waals surface area contributed by atoms with Crippen LogP contribution >= 0.6 is 0 Å². The molecule has 110 valence electrons. The Kier molecular flexibility index (Phi) is 5.56. The van der Waals surface area contributed by atoms with Crippen LogP contribution in [-0.4, -0.2) is 17.1 Å². The fraction of sp³-hybridized carbons (Fsp3) is 0.562. The summed E-state index contributed by atoms with van der Waals surface area (Å²) in [4.78, 5) is 12.2. The van der Waals surface area contributed by atoms with E-state index in [0.29, 0.717) is 6.54 Å². The van der Waals surface area contributed by atoms with Crippen LogP contribution in [0.4, 0.5) is 0 Å². The van der Waals surface area contributed by atoms with Gasteiger partial charge in [0.25, 0.3) is 0 Å². The van der Waals surface area contributed by atoms with Crippen molar-refractivity contribution in [3.63, 3.8) is 0 Å². The fourth-order valence-corrected chi connectivity index (χ4v) is 2.74. The first-order valence-electron chi connectivity index (χ1n) is 7.42. The highest BCUT2D eigenvalue weighted by molar-refractivity contribution is 5.79. The molecule has 1 aliphatic rings. The number of carbonyl (C=O) groups excluding carboxylic acids is 1. The van der Waals surface area contributed by atoms with E-state index >= 15 is 0 Å². The van der Waals surface area contributed by atoms with Gasteiger partial charge in [0.15, 0.2) is 0 Å². The molecule has 0 aliphatic heterocycles. The lowest BCUT2D eigenvalue weighted by Gasteiger charge is -2.20. The van der Waals surface area contributed by atoms with Gasteiger partial charge in [-0.1, -0.05) is 43.5 Å². The summed E-state index contributed by atoms with van der Waals surface area (Å²) in [7, 11) is 0. The molecule has 1 aliphatic carbocycles. The SMILES string of the molecule is NC1CCCCCC1C(=O)NCc1ccc(CO)cc1. The molecule has 1 aromatic rings. The zero-order valence-electron chi connectivity index (χ0n) is 11.8. The third-order valence-corrected chi connectivity index (χ3v) is 4.08. The van der Waals surface area contributed by atoms with E-state index in [0.717, 1.165) is 36.8 Å². The molecule has 4 nitrogen and oxygen atoms in total. The van der Waals surface area contributed by atoms with Gasteiger partial charge in [-0.2, -0.15) is 0 Å². The Hall–Kier alpha value is -1.39. The standard InChI is InChI=1S/C16H24N2O2/c17-15-5-3-1-2-4-14(15)16(20)18-10-12-6-8-13(11-19)9-7-12/h6-9,14-15,19H,1-5,10-11,17H2,(H,18,20). The maximum atomic E-state index is 12.2. The average Bonchev–Trinajstić information content (AvgIpc) is 2.70. The summed E-state index contributed by atoms with van der Waals surface area (Å²) in [6.07, 6.45) is 5.25. The summed E-state index contributed by atoms with van der Waals surface area (Å²) >= 11 is 0. The van der Waals surface area contributed by atoms with Gasteiger partial charge in [0.05, 0.1) is 12.5 Å². The minimum Gasteiger partial charge on any atom is -0.392 e. The first-order valence-corrected chi connectivity index (χ1v) is 7.42. The highest BCUT2D eigenvalue weighted by atomic mass is 16.3. The second-order valence-electron chi connectivity index (χ2n) is 5.60. The van der Waals surface area contributed by atoms with Gasteiger partial charge in [-0.3, -0.25) is 4.79 Å². The predicted molar refractivity (Wildman–Crippen MR) is 78.8 cm³/mol. The van der Waals surface area contributed by atoms with Gasteiger partial charge in [-0.25, -0.2) is 0 Å². The van der Waals surface area contributed by atoms with Gasteiger partial charge >= 0.3 is 0 Å². The van der Waals surface area contributed by atoms with Gasteiger partial charge in [-0.05, 0) is 24.0 Å². The molecule has 0 radical (unpaired) electrons. The second kappa shape index (κ2) is 7.41. The molecule has 2 rings (SSSR count). The third-order valence-electron chi connectivity index (χ3n) is 4.08. The maximum Gasteiger partial charge on any atom is 0.224 e. The predicted octanol–water partition coefficient (Wildman–Crippen LogP) is 1.70. The lowest BCUT2D eigenvalue weighted by atomic mass is 9.94. The lowest BCUT2D eigenvalue weighted by molar-refractivity contribution is -0.126. The van der Waals surface area contributed by atoms with Crippen LogP contribution in [0.1, 0.15) is 43.2 Å². The third kappa shape index (κ3) is 4.05. The number of aliphatic hydroxyl groups excluding tert-OH is 1. The topological polar surface area (TPSA) is 75.4 Å². The molecular weight excluding hydrogens is 252 g/mol. The molecule has 0 aromatic heterocycles. The maximum absolute atomic E-state index is 12.2. The normalized spacial score (nSPS) is 23.1. The van der Waals surface area contributed by atoms with Crippen molar-refractivity contribution in [2.75, 3.05) is 0 Å². The molecule has 0 saturated heterocycles. The fourth-order valence-electron chi connectivity index (χ4n) is 2.74. The highest BCUT2D eigenvalue weighted by Gasteiger charge is 2.26. The summed E-state index contributed by atoms with van der Waals surface area (Å²) in [6, 6.07) is 7.60. The molecule has 4 heteroatoms. The Morgan fingerprint density at radius 1 is 1.15 bits per heavy atom. The molecule has 2 unspecified atom stereocenters. The Labute approximate surface area is 120 Å². The molecule has 1 aromatic carbocycles. The van der Waals surface area contributed by atoms with Crippen LogP contribution in [0.25, 0.3) is 0 Å². The van der Waals surface area contributed by atoms with Gasteiger partial charge in [0, 0.05) is 12.6 Å². The Morgan fingerprint density at radius 3 is 2.50 bits per heavy atom. The van der Waals surface area contributed by atoms with Crippen LogP contribution in [0.15, 0.2) is 24.3 Å². The van der Waals surface area contributed by atoms with Crippen molar-refractivity contribution in [3.05, 3.63) is 35.4 Å². The van der Waals surface area contributed by atoms with E-state index in [9.17, 15) is 4.79 Å². The van der Waals surface area contributed by atoms with E-state index in [-0.39, 0.29) is 24.5 Å². The van der Waals surface area contributed by atoms with Crippen LogP contribution in [0.2, 0.25) is 0 Å². The van der Waals surface area contributed by atoms with Gasteiger partial charge in [0.1, 0.15) is 0 Å². The van der Waals surface area contributed by atoms with Crippen molar-refractivity contribution in [2.24, 2.45) is 11.7 Å². The van der Waals surface area contributed by atoms with Crippen LogP contribution in [0.3, 0.4) is 0 Å². The lowest BCUT2D eigenvalue weighted by Crippen LogP contribution is -2.41. The van der Waals surface area contributed by atoms with Gasteiger partial charge in [0.2, 0.25) is 5.91 Å². The molecule has 1 fully saturated rings. The number of benzene rings is 1. The molecule has 0 bridgehead atoms. The van der Waals surface area contributed by atoms with Crippen molar-refractivity contribution in [1.29, 1.82) is 0 Å². The van der Waals surface area contributed by atoms with Gasteiger partial charge < -0.3 is 16.2 Å². The zero-order chi connectivity index (χ0) is 14.4. The quantitative estimate of drug-likeness (QED) is 0.733. The van der Waals surface area contributed by atoms with Crippen molar-refractivity contribution < 1.29 is 9.90 Å². The van der Waals surface area contributed by atoms with Crippen LogP contribution < -0.4 is 11.1 Å². The summed E-state index contributed by atoms with van der Waals surface area (Å²) < 4.78 is 0. The summed E-state index contributed by atoms with van der Waals surface area (Å²) in [6.45, 7) is 0.567. The van der Waals surface area contributed by atoms with Crippen LogP contribution in [-0.2, 0) is 17.9 Å². The van der Waals surface area contributed by atoms with E-state index in [1.807, 2.05) is 24.3 Å². The van der Waals surface area contributed by atoms with Crippen LogP contribution in [0.5, 0.6) is 0 Å². The van der Waals surface area contributed by atoms with E-state index in [2.05, 4.69) is 5.32 Å². The molecule has 4 N–H and O–H groups in total. The molecule has 0 heterocycles. The van der Waals surface area contributed by atoms with Gasteiger partial charge in [-0.15, -0.1) is 0 Å². The number of carbonyl (C=O) groups is 1. The van der Waals surface area contributed by atoms with E-state index in [1.165, 1.54) is 6.42 Å². The molecule has 20 heavy (non-hydrogen) atoms. The van der Waals surface area contributed by atoms with E-state index < -0.39 is 0 Å². The number of hydrogen-bond acceptors (Lipinski definition) is 3. The van der Waals surface area contributed by atoms with Crippen molar-refractivity contribution in [3.8, 4) is 0 Å². The Morgan fingerprint density at radius 2 is 1.80 bits per heavy atom. The summed E-state index contributed by atoms with van der Waals surface area (Å²) in [5.74, 6) is 0.0276. The number of nitrogens with one attached hydrogen (secondary N) is 1. The number of rotatable bonds is 4. The zero-order valence-corrected chi connectivity index (χ0v) is 11.8. The number of amides is 1. The first kappa shape index (κ1) is 15.0. The smallest absolute Gasteiger partial charge is 0.224 e. The second-order valence-corrected chi connectivity index (χ2v) is 5.60. The van der Waals surface area contributed by atoms with Crippen molar-refractivity contribution >= 4 is 5.91 Å². The number of nitrogens with two attached hydrogens (primary N) is 1. The minimum absolute atomic E-state index is 0.00531. The number of aliphatic hydroxyl groups is 1. The van der Waals surface area contributed by atoms with E-state index in [1.54, 1.807) is 0 Å². The average molecular weight is 276 g/mol. The molecule has 0 spiro atoms. The van der Waals surface area contributed by atoms with E-state index in [4.69, 9.17) is 10.8 Å². The molecular formula is C16H24N2O2. The number of hydrogen-bond donors (Lipinski definition) is 3. The van der Waals surface area contributed by atoms with Crippen molar-refractivity contribution in [2.45, 2.75) is 51.3 Å². The monoisotopic (exact) mass is 276 g/mol. The molecule has 2 atom stereocenters. The summed E-state index contributed by atoms with van der Waals surface area (Å²) in [5, 5.41) is 12.0. The minimum atomic E-state index is -0.0470. The first-order chi connectivity index (χ1) is 9.70. The largest absolute Gasteiger partial charge is 0.392 e.